The molecule has 0 bridgehead atoms. The summed E-state index contributed by atoms with van der Waals surface area (Å²) < 4.78 is -0.190. The lowest BCUT2D eigenvalue weighted by atomic mass is 10.2. The van der Waals surface area contributed by atoms with Crippen LogP contribution in [0.4, 0.5) is 5.69 Å². The lowest BCUT2D eigenvalue weighted by molar-refractivity contribution is -0.115. The molecule has 86 valence electrons. The zero-order valence-corrected chi connectivity index (χ0v) is 10.2. The molecule has 16 heavy (non-hydrogen) atoms. The van der Waals surface area contributed by atoms with Gasteiger partial charge in [0.1, 0.15) is 0 Å². The van der Waals surface area contributed by atoms with E-state index in [4.69, 9.17) is 0 Å². The highest BCUT2D eigenvalue weighted by atomic mass is 32.2. The SMILES string of the molecule is CC(C)(CO)Sc1ccc2c(c1)CC(=O)N2. The van der Waals surface area contributed by atoms with Crippen molar-refractivity contribution < 1.29 is 9.90 Å². The van der Waals surface area contributed by atoms with Gasteiger partial charge in [0.25, 0.3) is 0 Å². The number of carbonyl (C=O) groups is 1. The highest BCUT2D eigenvalue weighted by Gasteiger charge is 2.21. The van der Waals surface area contributed by atoms with Crippen molar-refractivity contribution in [2.24, 2.45) is 0 Å². The summed E-state index contributed by atoms with van der Waals surface area (Å²) in [5.74, 6) is 0.0542. The van der Waals surface area contributed by atoms with Crippen LogP contribution in [0.3, 0.4) is 0 Å². The Balaban J connectivity index is 2.20. The minimum absolute atomic E-state index is 0.0542. The van der Waals surface area contributed by atoms with E-state index in [-0.39, 0.29) is 17.3 Å². The quantitative estimate of drug-likeness (QED) is 0.791. The Morgan fingerprint density at radius 1 is 1.50 bits per heavy atom. The van der Waals surface area contributed by atoms with Gasteiger partial charge in [-0.1, -0.05) is 0 Å². The van der Waals surface area contributed by atoms with Crippen LogP contribution < -0.4 is 5.32 Å². The smallest absolute Gasteiger partial charge is 0.228 e. The van der Waals surface area contributed by atoms with Crippen molar-refractivity contribution in [2.45, 2.75) is 29.9 Å². The number of aliphatic hydroxyl groups is 1. The highest BCUT2D eigenvalue weighted by molar-refractivity contribution is 8.00. The van der Waals surface area contributed by atoms with Gasteiger partial charge in [-0.25, -0.2) is 0 Å². The van der Waals surface area contributed by atoms with Gasteiger partial charge in [-0.3, -0.25) is 4.79 Å². The molecule has 3 nitrogen and oxygen atoms in total. The molecule has 2 rings (SSSR count). The Morgan fingerprint density at radius 2 is 2.25 bits per heavy atom. The molecular formula is C12H15NO2S. The Morgan fingerprint density at radius 3 is 2.94 bits per heavy atom. The highest BCUT2D eigenvalue weighted by Crippen LogP contribution is 2.35. The molecule has 0 radical (unpaired) electrons. The molecule has 0 aromatic heterocycles. The van der Waals surface area contributed by atoms with E-state index >= 15 is 0 Å². The molecule has 1 aliphatic heterocycles. The maximum absolute atomic E-state index is 11.2. The number of thioether (sulfide) groups is 1. The second-order valence-electron chi connectivity index (χ2n) is 4.56. The number of amides is 1. The lowest BCUT2D eigenvalue weighted by Crippen LogP contribution is -2.19. The van der Waals surface area contributed by atoms with Gasteiger partial charge >= 0.3 is 0 Å². The van der Waals surface area contributed by atoms with Crippen molar-refractivity contribution in [3.05, 3.63) is 23.8 Å². The third-order valence-electron chi connectivity index (χ3n) is 2.48. The van der Waals surface area contributed by atoms with Crippen molar-refractivity contribution in [2.75, 3.05) is 11.9 Å². The summed E-state index contributed by atoms with van der Waals surface area (Å²) in [4.78, 5) is 12.3. The predicted octanol–water partition coefficient (Wildman–Crippen LogP) is 2.04. The van der Waals surface area contributed by atoms with Crippen LogP contribution in [-0.2, 0) is 11.2 Å². The largest absolute Gasteiger partial charge is 0.395 e. The minimum atomic E-state index is -0.190. The average molecular weight is 237 g/mol. The fourth-order valence-electron chi connectivity index (χ4n) is 1.62. The van der Waals surface area contributed by atoms with Crippen molar-refractivity contribution >= 4 is 23.4 Å². The molecule has 1 aromatic rings. The van der Waals surface area contributed by atoms with Gasteiger partial charge < -0.3 is 10.4 Å². The van der Waals surface area contributed by atoms with E-state index in [2.05, 4.69) is 5.32 Å². The first-order chi connectivity index (χ1) is 7.50. The van der Waals surface area contributed by atoms with E-state index in [1.807, 2.05) is 32.0 Å². The van der Waals surface area contributed by atoms with E-state index in [0.717, 1.165) is 16.1 Å². The summed E-state index contributed by atoms with van der Waals surface area (Å²) in [7, 11) is 0. The Labute approximate surface area is 99.2 Å². The lowest BCUT2D eigenvalue weighted by Gasteiger charge is -2.21. The number of anilines is 1. The zero-order valence-electron chi connectivity index (χ0n) is 9.41. The summed E-state index contributed by atoms with van der Waals surface area (Å²) in [5.41, 5.74) is 1.96. The second-order valence-corrected chi connectivity index (χ2v) is 6.34. The van der Waals surface area contributed by atoms with Crippen molar-refractivity contribution in [1.29, 1.82) is 0 Å². The first kappa shape index (κ1) is 11.5. The number of hydrogen-bond donors (Lipinski definition) is 2. The van der Waals surface area contributed by atoms with Crippen LogP contribution in [0.5, 0.6) is 0 Å². The van der Waals surface area contributed by atoms with Crippen LogP contribution in [0.1, 0.15) is 19.4 Å². The number of rotatable bonds is 3. The minimum Gasteiger partial charge on any atom is -0.395 e. The molecule has 0 atom stereocenters. The maximum Gasteiger partial charge on any atom is 0.228 e. The molecule has 0 unspecified atom stereocenters. The second kappa shape index (κ2) is 4.11. The molecule has 1 amide bonds. The average Bonchev–Trinajstić information content (AvgIpc) is 2.57. The van der Waals surface area contributed by atoms with Crippen LogP contribution in [0, 0.1) is 0 Å². The Bertz CT molecular complexity index is 429. The summed E-state index contributed by atoms with van der Waals surface area (Å²) in [6.45, 7) is 4.12. The molecule has 0 spiro atoms. The number of fused-ring (bicyclic) bond motifs is 1. The molecule has 1 aromatic carbocycles. The van der Waals surface area contributed by atoms with Gasteiger partial charge in [0.2, 0.25) is 5.91 Å². The molecule has 0 fully saturated rings. The summed E-state index contributed by atoms with van der Waals surface area (Å²) in [6, 6.07) is 5.93. The van der Waals surface area contributed by atoms with Crippen LogP contribution in [0.15, 0.2) is 23.1 Å². The number of carbonyl (C=O) groups excluding carboxylic acids is 1. The molecule has 1 aliphatic rings. The maximum atomic E-state index is 11.2. The van der Waals surface area contributed by atoms with Crippen LogP contribution >= 0.6 is 11.8 Å². The summed E-state index contributed by atoms with van der Waals surface area (Å²) in [6.07, 6.45) is 0.462. The molecule has 0 aliphatic carbocycles. The Kier molecular flexibility index (Phi) is 2.95. The van der Waals surface area contributed by atoms with Crippen molar-refractivity contribution in [3.63, 3.8) is 0 Å². The fourth-order valence-corrected chi connectivity index (χ4v) is 2.66. The monoisotopic (exact) mass is 237 g/mol. The number of aliphatic hydroxyl groups excluding tert-OH is 1. The number of nitrogens with one attached hydrogen (secondary N) is 1. The number of hydrogen-bond acceptors (Lipinski definition) is 3. The van der Waals surface area contributed by atoms with Gasteiger partial charge in [0.15, 0.2) is 0 Å². The van der Waals surface area contributed by atoms with Gasteiger partial charge in [-0.05, 0) is 37.6 Å². The molecule has 0 saturated heterocycles. The summed E-state index contributed by atoms with van der Waals surface area (Å²) in [5, 5.41) is 12.0. The first-order valence-electron chi connectivity index (χ1n) is 5.23. The van der Waals surface area contributed by atoms with Gasteiger partial charge in [-0.15, -0.1) is 11.8 Å². The summed E-state index contributed by atoms with van der Waals surface area (Å²) >= 11 is 1.62. The zero-order chi connectivity index (χ0) is 11.8. The molecule has 4 heteroatoms. The Hall–Kier alpha value is -1.00. The van der Waals surface area contributed by atoms with E-state index in [1.54, 1.807) is 11.8 Å². The van der Waals surface area contributed by atoms with E-state index in [9.17, 15) is 9.90 Å². The molecule has 1 heterocycles. The van der Waals surface area contributed by atoms with E-state index in [0.29, 0.717) is 6.42 Å². The van der Waals surface area contributed by atoms with Crippen LogP contribution in [-0.4, -0.2) is 22.4 Å². The van der Waals surface area contributed by atoms with Crippen molar-refractivity contribution in [3.8, 4) is 0 Å². The van der Waals surface area contributed by atoms with Crippen LogP contribution in [0.2, 0.25) is 0 Å². The third-order valence-corrected chi connectivity index (χ3v) is 3.65. The molecular weight excluding hydrogens is 222 g/mol. The molecule has 2 N–H and O–H groups in total. The van der Waals surface area contributed by atoms with E-state index < -0.39 is 0 Å². The fraction of sp³-hybridized carbons (Fsp3) is 0.417. The van der Waals surface area contributed by atoms with Gasteiger partial charge in [0, 0.05) is 15.3 Å². The normalized spacial score (nSPS) is 14.8. The number of benzene rings is 1. The topological polar surface area (TPSA) is 49.3 Å². The van der Waals surface area contributed by atoms with Gasteiger partial charge in [-0.2, -0.15) is 0 Å². The molecule has 0 saturated carbocycles. The predicted molar refractivity (Wildman–Crippen MR) is 65.8 cm³/mol. The van der Waals surface area contributed by atoms with Gasteiger partial charge in [0.05, 0.1) is 13.0 Å². The third kappa shape index (κ3) is 2.39. The van der Waals surface area contributed by atoms with Crippen molar-refractivity contribution in [1.82, 2.24) is 0 Å². The standard InChI is InChI=1S/C12H15NO2S/c1-12(2,7-14)16-9-3-4-10-8(5-9)6-11(15)13-10/h3-5,14H,6-7H2,1-2H3,(H,13,15). The van der Waals surface area contributed by atoms with Crippen LogP contribution in [0.25, 0.3) is 0 Å². The first-order valence-corrected chi connectivity index (χ1v) is 6.04. The van der Waals surface area contributed by atoms with E-state index in [1.165, 1.54) is 0 Å².